The van der Waals surface area contributed by atoms with Crippen LogP contribution in [0.3, 0.4) is 0 Å². The summed E-state index contributed by atoms with van der Waals surface area (Å²) in [4.78, 5) is 4.98. The van der Waals surface area contributed by atoms with E-state index in [1.807, 2.05) is 0 Å². The van der Waals surface area contributed by atoms with Gasteiger partial charge in [-0.15, -0.1) is 0 Å². The van der Waals surface area contributed by atoms with Crippen molar-refractivity contribution in [3.63, 3.8) is 0 Å². The Morgan fingerprint density at radius 2 is 1.57 bits per heavy atom. The Morgan fingerprint density at radius 3 is 1.96 bits per heavy atom. The number of anilines is 1. The van der Waals surface area contributed by atoms with E-state index in [1.54, 1.807) is 0 Å². The summed E-state index contributed by atoms with van der Waals surface area (Å²) in [5.74, 6) is 1.34. The SMILES string of the molecule is CC(C)N(C1=[N+](C)CCCN1c1ccccc1)C(C)C.O=S(=O)([O-])C(F)(F)F. The highest BCUT2D eigenvalue weighted by molar-refractivity contribution is 7.86. The highest BCUT2D eigenvalue weighted by Crippen LogP contribution is 2.21. The Bertz CT molecular complexity index is 755. The van der Waals surface area contributed by atoms with Crippen molar-refractivity contribution in [1.82, 2.24) is 4.90 Å². The summed E-state index contributed by atoms with van der Waals surface area (Å²) in [7, 11) is -3.88. The van der Waals surface area contributed by atoms with Crippen LogP contribution in [-0.2, 0) is 10.1 Å². The Balaban J connectivity index is 0.000000416. The van der Waals surface area contributed by atoms with Crippen LogP contribution in [0.1, 0.15) is 34.1 Å². The minimum Gasteiger partial charge on any atom is -0.741 e. The number of hydrogen-bond donors (Lipinski definition) is 0. The Kier molecular flexibility index (Phi) is 8.30. The molecule has 0 amide bonds. The number of rotatable bonds is 3. The van der Waals surface area contributed by atoms with Gasteiger partial charge in [-0.25, -0.2) is 13.3 Å². The first-order valence-corrected chi connectivity index (χ1v) is 10.4. The van der Waals surface area contributed by atoms with Crippen LogP contribution in [0.2, 0.25) is 0 Å². The van der Waals surface area contributed by atoms with Crippen molar-refractivity contribution in [2.75, 3.05) is 25.0 Å². The van der Waals surface area contributed by atoms with Crippen molar-refractivity contribution in [2.24, 2.45) is 0 Å². The zero-order valence-electron chi connectivity index (χ0n) is 16.8. The van der Waals surface area contributed by atoms with Crippen molar-refractivity contribution in [3.05, 3.63) is 30.3 Å². The summed E-state index contributed by atoms with van der Waals surface area (Å²) in [6.45, 7) is 11.3. The van der Waals surface area contributed by atoms with Gasteiger partial charge in [0, 0.05) is 6.42 Å². The number of guanidine groups is 1. The van der Waals surface area contributed by atoms with Crippen LogP contribution in [0, 0.1) is 0 Å². The molecule has 2 rings (SSSR count). The van der Waals surface area contributed by atoms with Gasteiger partial charge in [0.05, 0.1) is 32.2 Å². The third-order valence-corrected chi connectivity index (χ3v) is 4.72. The normalized spacial score (nSPS) is 15.6. The molecular weight excluding hydrogens is 395 g/mol. The number of alkyl halides is 3. The molecule has 1 aliphatic heterocycles. The minimum atomic E-state index is -6.09. The van der Waals surface area contributed by atoms with Crippen LogP contribution < -0.4 is 4.90 Å². The predicted octanol–water partition coefficient (Wildman–Crippen LogP) is 3.07. The number of hydrogen-bond acceptors (Lipinski definition) is 5. The molecule has 1 aliphatic rings. The predicted molar refractivity (Wildman–Crippen MR) is 102 cm³/mol. The summed E-state index contributed by atoms with van der Waals surface area (Å²) in [5.41, 5.74) is -4.35. The van der Waals surface area contributed by atoms with Crippen LogP contribution >= 0.6 is 0 Å². The second-order valence-electron chi connectivity index (χ2n) is 7.06. The molecular formula is C18H28F3N3O3S. The van der Waals surface area contributed by atoms with Crippen molar-refractivity contribution in [3.8, 4) is 0 Å². The van der Waals surface area contributed by atoms with Gasteiger partial charge >= 0.3 is 11.5 Å². The van der Waals surface area contributed by atoms with Crippen molar-refractivity contribution in [1.29, 1.82) is 0 Å². The molecule has 1 aromatic carbocycles. The molecule has 28 heavy (non-hydrogen) atoms. The van der Waals surface area contributed by atoms with Crippen LogP contribution in [0.5, 0.6) is 0 Å². The molecule has 0 aliphatic carbocycles. The Labute approximate surface area is 165 Å². The summed E-state index contributed by atoms with van der Waals surface area (Å²) in [6, 6.07) is 11.7. The van der Waals surface area contributed by atoms with Gasteiger partial charge in [-0.05, 0) is 39.8 Å². The molecule has 1 heterocycles. The highest BCUT2D eigenvalue weighted by atomic mass is 32.2. The first-order chi connectivity index (χ1) is 12.8. The van der Waals surface area contributed by atoms with Crippen LogP contribution in [-0.4, -0.2) is 66.1 Å². The second kappa shape index (κ2) is 9.60. The van der Waals surface area contributed by atoms with Gasteiger partial charge < -0.3 is 4.55 Å². The largest absolute Gasteiger partial charge is 0.741 e. The fourth-order valence-electron chi connectivity index (χ4n) is 3.12. The molecule has 10 heteroatoms. The van der Waals surface area contributed by atoms with E-state index in [1.165, 1.54) is 18.1 Å². The maximum Gasteiger partial charge on any atom is 0.485 e. The van der Waals surface area contributed by atoms with Gasteiger partial charge in [-0.2, -0.15) is 13.2 Å². The summed E-state index contributed by atoms with van der Waals surface area (Å²) in [5, 5.41) is 0. The fourth-order valence-corrected chi connectivity index (χ4v) is 3.12. The highest BCUT2D eigenvalue weighted by Gasteiger charge is 2.37. The van der Waals surface area contributed by atoms with E-state index >= 15 is 0 Å². The average Bonchev–Trinajstić information content (AvgIpc) is 2.55. The lowest BCUT2D eigenvalue weighted by Crippen LogP contribution is -2.57. The summed E-state index contributed by atoms with van der Waals surface area (Å²) >= 11 is 0. The van der Waals surface area contributed by atoms with Crippen LogP contribution in [0.25, 0.3) is 0 Å². The molecule has 0 spiro atoms. The van der Waals surface area contributed by atoms with Gasteiger partial charge in [0.2, 0.25) is 0 Å². The Morgan fingerprint density at radius 1 is 1.11 bits per heavy atom. The van der Waals surface area contributed by atoms with Gasteiger partial charge in [0.1, 0.15) is 5.69 Å². The maximum atomic E-state index is 10.7. The molecule has 0 fully saturated rings. The average molecular weight is 424 g/mol. The molecule has 0 atom stereocenters. The summed E-state index contributed by atoms with van der Waals surface area (Å²) in [6.07, 6.45) is 1.21. The smallest absolute Gasteiger partial charge is 0.485 e. The number of para-hydroxylation sites is 1. The third-order valence-electron chi connectivity index (χ3n) is 4.15. The van der Waals surface area contributed by atoms with Gasteiger partial charge in [0.15, 0.2) is 10.1 Å². The van der Waals surface area contributed by atoms with Crippen LogP contribution in [0.4, 0.5) is 18.9 Å². The molecule has 0 saturated heterocycles. The molecule has 160 valence electrons. The summed E-state index contributed by atoms with van der Waals surface area (Å²) < 4.78 is 61.3. The molecule has 0 radical (unpaired) electrons. The van der Waals surface area contributed by atoms with Crippen molar-refractivity contribution >= 4 is 21.8 Å². The lowest BCUT2D eigenvalue weighted by atomic mass is 10.2. The van der Waals surface area contributed by atoms with E-state index < -0.39 is 15.6 Å². The zero-order valence-corrected chi connectivity index (χ0v) is 17.6. The molecule has 0 bridgehead atoms. The van der Waals surface area contributed by atoms with Gasteiger partial charge in [0.25, 0.3) is 0 Å². The van der Waals surface area contributed by atoms with Crippen molar-refractivity contribution < 1.29 is 30.7 Å². The van der Waals surface area contributed by atoms with Gasteiger partial charge in [-0.3, -0.25) is 9.48 Å². The van der Waals surface area contributed by atoms with Gasteiger partial charge in [-0.1, -0.05) is 18.2 Å². The Hall–Kier alpha value is -1.81. The minimum absolute atomic E-state index is 0.497. The third kappa shape index (κ3) is 6.37. The standard InChI is InChI=1S/C17H28N3.CHF3O3S/c1-14(2)20(15(3)4)17-18(5)12-9-13-19(17)16-10-7-6-8-11-16;2-1(3,4)8(5,6)7/h6-8,10-11,14-15H,9,12-13H2,1-5H3;(H,5,6,7)/q+1;/p-1. The maximum absolute atomic E-state index is 10.7. The van der Waals surface area contributed by atoms with E-state index in [4.69, 9.17) is 13.0 Å². The fraction of sp³-hybridized carbons (Fsp3) is 0.611. The molecule has 1 aromatic rings. The van der Waals surface area contributed by atoms with E-state index in [9.17, 15) is 13.2 Å². The van der Waals surface area contributed by atoms with Crippen LogP contribution in [0.15, 0.2) is 30.3 Å². The van der Waals surface area contributed by atoms with Crippen molar-refractivity contribution in [2.45, 2.75) is 51.7 Å². The molecule has 0 saturated carbocycles. The number of halogens is 3. The number of nitrogens with zero attached hydrogens (tertiary/aromatic N) is 3. The first kappa shape index (κ1) is 24.2. The number of benzene rings is 1. The van der Waals surface area contributed by atoms with E-state index in [2.05, 4.69) is 79.4 Å². The zero-order chi connectivity index (χ0) is 21.7. The first-order valence-electron chi connectivity index (χ1n) is 8.98. The molecule has 0 unspecified atom stereocenters. The quantitative estimate of drug-likeness (QED) is 0.425. The lowest BCUT2D eigenvalue weighted by molar-refractivity contribution is -0.507. The molecule has 0 N–H and O–H groups in total. The van der Waals surface area contributed by atoms with E-state index in [-0.39, 0.29) is 0 Å². The second-order valence-corrected chi connectivity index (χ2v) is 8.43. The molecule has 0 aromatic heterocycles. The topological polar surface area (TPSA) is 66.7 Å². The molecule has 6 nitrogen and oxygen atoms in total. The van der Waals surface area contributed by atoms with E-state index in [0.717, 1.165) is 13.1 Å². The lowest BCUT2D eigenvalue weighted by Gasteiger charge is -2.36. The monoisotopic (exact) mass is 423 g/mol. The van der Waals surface area contributed by atoms with E-state index in [0.29, 0.717) is 12.1 Å².